The second-order valence-electron chi connectivity index (χ2n) is 7.23. The van der Waals surface area contributed by atoms with Crippen LogP contribution in [0.3, 0.4) is 0 Å². The van der Waals surface area contributed by atoms with E-state index in [0.717, 1.165) is 18.9 Å². The van der Waals surface area contributed by atoms with Crippen molar-refractivity contribution in [2.45, 2.75) is 37.9 Å². The first-order chi connectivity index (χ1) is 14.3. The number of alkyl halides is 3. The van der Waals surface area contributed by atoms with E-state index in [9.17, 15) is 22.4 Å². The van der Waals surface area contributed by atoms with Gasteiger partial charge in [0.05, 0.1) is 5.69 Å². The van der Waals surface area contributed by atoms with Crippen LogP contribution in [0.25, 0.3) is 11.3 Å². The van der Waals surface area contributed by atoms with E-state index in [1.54, 1.807) is 18.2 Å². The van der Waals surface area contributed by atoms with Crippen molar-refractivity contribution in [3.63, 3.8) is 0 Å². The van der Waals surface area contributed by atoms with Crippen LogP contribution in [0.4, 0.5) is 17.6 Å². The summed E-state index contributed by atoms with van der Waals surface area (Å²) in [5, 5.41) is 13.1. The summed E-state index contributed by atoms with van der Waals surface area (Å²) < 4.78 is 53.2. The number of nitrogens with one attached hydrogen (secondary N) is 2. The molecule has 1 amide bonds. The molecule has 6 nitrogen and oxygen atoms in total. The van der Waals surface area contributed by atoms with Crippen molar-refractivity contribution >= 4 is 5.91 Å². The first-order valence-electron chi connectivity index (χ1n) is 9.56. The van der Waals surface area contributed by atoms with Crippen LogP contribution < -0.4 is 5.32 Å². The zero-order valence-electron chi connectivity index (χ0n) is 15.8. The van der Waals surface area contributed by atoms with Gasteiger partial charge in [0.1, 0.15) is 11.5 Å². The van der Waals surface area contributed by atoms with Crippen LogP contribution in [-0.2, 0) is 12.7 Å². The molecule has 2 aromatic heterocycles. The number of halogens is 4. The SMILES string of the molecule is O=C(NCCCn1nc(C(F)(F)F)cc1C1CC1)c1cc(-c2ccc(F)cc2)n[nH]1. The van der Waals surface area contributed by atoms with E-state index >= 15 is 0 Å². The molecule has 158 valence electrons. The third-order valence-electron chi connectivity index (χ3n) is 4.89. The molecule has 0 saturated heterocycles. The maximum Gasteiger partial charge on any atom is 0.435 e. The van der Waals surface area contributed by atoms with E-state index in [1.807, 2.05) is 0 Å². The summed E-state index contributed by atoms with van der Waals surface area (Å²) in [6.45, 7) is 0.557. The maximum atomic E-state index is 13.0. The molecule has 0 atom stereocenters. The van der Waals surface area contributed by atoms with Gasteiger partial charge in [0.15, 0.2) is 5.69 Å². The molecular formula is C20H19F4N5O. The maximum absolute atomic E-state index is 13.0. The topological polar surface area (TPSA) is 75.6 Å². The van der Waals surface area contributed by atoms with Crippen LogP contribution in [0.2, 0.25) is 0 Å². The van der Waals surface area contributed by atoms with Gasteiger partial charge in [-0.2, -0.15) is 23.4 Å². The van der Waals surface area contributed by atoms with Crippen LogP contribution in [-0.4, -0.2) is 32.4 Å². The molecule has 10 heteroatoms. The molecule has 0 unspecified atom stereocenters. The number of aromatic amines is 1. The standard InChI is InChI=1S/C20H19F4N5O/c21-14-6-4-12(5-7-14)15-10-16(27-26-15)19(30)25-8-1-9-29-17(13-2-3-13)11-18(28-29)20(22,23)24/h4-7,10-11,13H,1-3,8-9H2,(H,25,30)(H,26,27). The summed E-state index contributed by atoms with van der Waals surface area (Å²) >= 11 is 0. The number of H-pyrrole nitrogens is 1. The van der Waals surface area contributed by atoms with Gasteiger partial charge in [-0.25, -0.2) is 4.39 Å². The Morgan fingerprint density at radius 3 is 2.60 bits per heavy atom. The van der Waals surface area contributed by atoms with Crippen LogP contribution >= 0.6 is 0 Å². The summed E-state index contributed by atoms with van der Waals surface area (Å²) in [6, 6.07) is 8.40. The number of aromatic nitrogens is 4. The molecule has 1 aromatic carbocycles. The number of carbonyl (C=O) groups excluding carboxylic acids is 1. The van der Waals surface area contributed by atoms with Crippen molar-refractivity contribution in [1.82, 2.24) is 25.3 Å². The van der Waals surface area contributed by atoms with E-state index in [-0.39, 0.29) is 36.4 Å². The van der Waals surface area contributed by atoms with Gasteiger partial charge < -0.3 is 5.32 Å². The second-order valence-corrected chi connectivity index (χ2v) is 7.23. The highest BCUT2D eigenvalue weighted by Gasteiger charge is 2.37. The Bertz CT molecular complexity index is 1030. The Kier molecular flexibility index (Phi) is 5.31. The van der Waals surface area contributed by atoms with Crippen molar-refractivity contribution in [2.75, 3.05) is 6.54 Å². The average Bonchev–Trinajstić information content (AvgIpc) is 3.25. The lowest BCUT2D eigenvalue weighted by Crippen LogP contribution is -2.25. The summed E-state index contributed by atoms with van der Waals surface area (Å²) in [4.78, 5) is 12.3. The molecule has 0 radical (unpaired) electrons. The van der Waals surface area contributed by atoms with Gasteiger partial charge in [0, 0.05) is 30.3 Å². The van der Waals surface area contributed by atoms with Crippen molar-refractivity contribution < 1.29 is 22.4 Å². The number of nitrogens with zero attached hydrogens (tertiary/aromatic N) is 3. The molecular weight excluding hydrogens is 402 g/mol. The second kappa shape index (κ2) is 7.92. The quantitative estimate of drug-likeness (QED) is 0.445. The van der Waals surface area contributed by atoms with Crippen molar-refractivity contribution in [2.24, 2.45) is 0 Å². The minimum absolute atomic E-state index is 0.137. The van der Waals surface area contributed by atoms with Gasteiger partial charge in [-0.05, 0) is 55.7 Å². The number of hydrogen-bond acceptors (Lipinski definition) is 3. The Balaban J connectivity index is 1.31. The minimum Gasteiger partial charge on any atom is -0.351 e. The highest BCUT2D eigenvalue weighted by Crippen LogP contribution is 2.42. The number of amides is 1. The smallest absolute Gasteiger partial charge is 0.351 e. The average molecular weight is 421 g/mol. The number of benzene rings is 1. The molecule has 0 aliphatic heterocycles. The summed E-state index contributed by atoms with van der Waals surface area (Å²) in [6.07, 6.45) is -2.29. The van der Waals surface area contributed by atoms with E-state index in [1.165, 1.54) is 16.8 Å². The summed E-state index contributed by atoms with van der Waals surface area (Å²) in [5.74, 6) is -0.607. The fraction of sp³-hybridized carbons (Fsp3) is 0.350. The van der Waals surface area contributed by atoms with Gasteiger partial charge in [-0.3, -0.25) is 14.6 Å². The van der Waals surface area contributed by atoms with Gasteiger partial charge >= 0.3 is 6.18 Å². The van der Waals surface area contributed by atoms with Crippen molar-refractivity contribution in [3.8, 4) is 11.3 Å². The molecule has 30 heavy (non-hydrogen) atoms. The molecule has 3 aromatic rings. The normalized spacial score (nSPS) is 14.1. The molecule has 0 bridgehead atoms. The molecule has 2 N–H and O–H groups in total. The van der Waals surface area contributed by atoms with Gasteiger partial charge in [-0.1, -0.05) is 0 Å². The third kappa shape index (κ3) is 4.52. The fourth-order valence-electron chi connectivity index (χ4n) is 3.19. The molecule has 1 aliphatic carbocycles. The monoisotopic (exact) mass is 421 g/mol. The van der Waals surface area contributed by atoms with E-state index in [0.29, 0.717) is 23.4 Å². The molecule has 2 heterocycles. The van der Waals surface area contributed by atoms with Crippen LogP contribution in [0.5, 0.6) is 0 Å². The first kappa shape index (κ1) is 20.1. The van der Waals surface area contributed by atoms with Crippen LogP contribution in [0, 0.1) is 5.82 Å². The minimum atomic E-state index is -4.47. The summed E-state index contributed by atoms with van der Waals surface area (Å²) in [7, 11) is 0. The fourth-order valence-corrected chi connectivity index (χ4v) is 3.19. The predicted molar refractivity (Wildman–Crippen MR) is 100 cm³/mol. The molecule has 1 fully saturated rings. The van der Waals surface area contributed by atoms with Crippen LogP contribution in [0.15, 0.2) is 36.4 Å². The molecule has 1 saturated carbocycles. The van der Waals surface area contributed by atoms with Gasteiger partial charge in [-0.15, -0.1) is 0 Å². The zero-order chi connectivity index (χ0) is 21.3. The van der Waals surface area contributed by atoms with Gasteiger partial charge in [0.25, 0.3) is 5.91 Å². The Morgan fingerprint density at radius 2 is 1.93 bits per heavy atom. The summed E-state index contributed by atoms with van der Waals surface area (Å²) in [5.41, 5.74) is 1.14. The molecule has 0 spiro atoms. The van der Waals surface area contributed by atoms with Crippen molar-refractivity contribution in [1.29, 1.82) is 0 Å². The van der Waals surface area contributed by atoms with E-state index in [4.69, 9.17) is 0 Å². The van der Waals surface area contributed by atoms with E-state index in [2.05, 4.69) is 20.6 Å². The van der Waals surface area contributed by atoms with Crippen LogP contribution in [0.1, 0.15) is 47.1 Å². The third-order valence-corrected chi connectivity index (χ3v) is 4.89. The zero-order valence-corrected chi connectivity index (χ0v) is 15.8. The molecule has 4 rings (SSSR count). The highest BCUT2D eigenvalue weighted by atomic mass is 19.4. The Labute approximate surface area is 169 Å². The lowest BCUT2D eigenvalue weighted by atomic mass is 10.1. The first-order valence-corrected chi connectivity index (χ1v) is 9.56. The number of carbonyl (C=O) groups is 1. The number of aryl methyl sites for hydroxylation is 1. The highest BCUT2D eigenvalue weighted by molar-refractivity contribution is 5.93. The number of rotatable bonds is 7. The lowest BCUT2D eigenvalue weighted by Gasteiger charge is -2.07. The predicted octanol–water partition coefficient (Wildman–Crippen LogP) is 4.13. The Morgan fingerprint density at radius 1 is 1.20 bits per heavy atom. The van der Waals surface area contributed by atoms with E-state index < -0.39 is 11.9 Å². The van der Waals surface area contributed by atoms with Gasteiger partial charge in [0.2, 0.25) is 0 Å². The number of hydrogen-bond donors (Lipinski definition) is 2. The molecule has 1 aliphatic rings. The Hall–Kier alpha value is -3.17. The van der Waals surface area contributed by atoms with Crippen molar-refractivity contribution in [3.05, 3.63) is 59.3 Å². The lowest BCUT2D eigenvalue weighted by molar-refractivity contribution is -0.141. The largest absolute Gasteiger partial charge is 0.435 e.